The van der Waals surface area contributed by atoms with Crippen LogP contribution in [0.3, 0.4) is 0 Å². The first-order valence-electron chi connectivity index (χ1n) is 11.1. The molecule has 0 radical (unpaired) electrons. The zero-order chi connectivity index (χ0) is 23.7. The number of fused-ring (bicyclic) bond motifs is 1. The Labute approximate surface area is 195 Å². The number of para-hydroxylation sites is 1. The van der Waals surface area contributed by atoms with Crippen molar-refractivity contribution in [2.75, 3.05) is 18.8 Å². The van der Waals surface area contributed by atoms with Crippen molar-refractivity contribution in [3.63, 3.8) is 0 Å². The highest BCUT2D eigenvalue weighted by Gasteiger charge is 2.30. The number of ether oxygens (including phenoxy) is 1. The second-order valence-electron chi connectivity index (χ2n) is 8.22. The molecule has 5 N–H and O–H groups in total. The molecule has 174 valence electrons. The Kier molecular flexibility index (Phi) is 5.83. The molecule has 10 heteroatoms. The predicted octanol–water partition coefficient (Wildman–Crippen LogP) is 2.31. The van der Waals surface area contributed by atoms with E-state index in [9.17, 15) is 9.90 Å². The number of carbonyl (C=O) groups is 1. The van der Waals surface area contributed by atoms with Crippen LogP contribution in [0.15, 0.2) is 60.9 Å². The van der Waals surface area contributed by atoms with Crippen molar-refractivity contribution in [1.82, 2.24) is 24.6 Å². The van der Waals surface area contributed by atoms with E-state index in [1.165, 1.54) is 6.33 Å². The third-order valence-electron chi connectivity index (χ3n) is 5.93. The molecule has 10 nitrogen and oxygen atoms in total. The van der Waals surface area contributed by atoms with E-state index in [1.54, 1.807) is 9.58 Å². The molecule has 3 heterocycles. The lowest BCUT2D eigenvalue weighted by Crippen LogP contribution is -2.48. The zero-order valence-electron chi connectivity index (χ0n) is 18.4. The Balaban J connectivity index is 1.49. The van der Waals surface area contributed by atoms with Gasteiger partial charge < -0.3 is 20.5 Å². The summed E-state index contributed by atoms with van der Waals surface area (Å²) < 4.78 is 7.70. The molecule has 0 aliphatic carbocycles. The number of benzene rings is 2. The minimum Gasteiger partial charge on any atom is -0.457 e. The maximum atomic E-state index is 12.2. The number of nitrogens with two attached hydrogens (primary N) is 2. The van der Waals surface area contributed by atoms with Gasteiger partial charge in [-0.3, -0.25) is 10.5 Å². The van der Waals surface area contributed by atoms with Crippen molar-refractivity contribution in [3.05, 3.63) is 60.9 Å². The molecule has 0 saturated carbocycles. The number of piperidine rings is 1. The van der Waals surface area contributed by atoms with E-state index in [1.807, 2.05) is 54.6 Å². The van der Waals surface area contributed by atoms with Gasteiger partial charge in [0, 0.05) is 18.7 Å². The van der Waals surface area contributed by atoms with Gasteiger partial charge in [-0.1, -0.05) is 18.2 Å². The molecular formula is C24H25N7O3. The molecular weight excluding hydrogens is 434 g/mol. The van der Waals surface area contributed by atoms with Gasteiger partial charge in [-0.05, 0) is 49.2 Å². The summed E-state index contributed by atoms with van der Waals surface area (Å²) in [5.74, 6) is 1.29. The van der Waals surface area contributed by atoms with Gasteiger partial charge >= 0.3 is 0 Å². The number of anilines is 1. The maximum Gasteiger partial charge on any atom is 0.266 e. The first-order chi connectivity index (χ1) is 16.5. The number of amides is 1. The molecule has 5 rings (SSSR count). The zero-order valence-corrected chi connectivity index (χ0v) is 18.4. The first-order valence-corrected chi connectivity index (χ1v) is 11.1. The summed E-state index contributed by atoms with van der Waals surface area (Å²) in [5.41, 5.74) is 13.7. The number of nitrogens with zero attached hydrogens (tertiary/aromatic N) is 5. The Hall–Kier alpha value is -4.02. The minimum absolute atomic E-state index is 0.136. The van der Waals surface area contributed by atoms with Crippen LogP contribution in [-0.4, -0.2) is 55.0 Å². The van der Waals surface area contributed by atoms with E-state index in [0.29, 0.717) is 41.4 Å². The Bertz CT molecular complexity index is 1310. The molecule has 2 atom stereocenters. The van der Waals surface area contributed by atoms with E-state index in [2.05, 4.69) is 9.97 Å². The van der Waals surface area contributed by atoms with Crippen LogP contribution in [0.5, 0.6) is 11.5 Å². The number of aliphatic hydroxyl groups excluding tert-OH is 1. The van der Waals surface area contributed by atoms with E-state index in [4.69, 9.17) is 21.3 Å². The summed E-state index contributed by atoms with van der Waals surface area (Å²) in [6.45, 7) is 0.909. The Morgan fingerprint density at radius 2 is 1.82 bits per heavy atom. The number of carbonyl (C=O) groups excluding carboxylic acids is 1. The standard InChI is InChI=1S/C24H25N7O3/c25-21-19-20(15-8-10-18(11-9-15)34-17-6-2-1-3-7-17)29-31(23(19)28-14-27-21)16-5-4-12-30(13-16)24(33)22(26)32/h1-3,6-11,14,16,22,32H,4-5,12-13,26H2,(H2,25,27,28)/t16-,22?/m1/s1. The fourth-order valence-electron chi connectivity index (χ4n) is 4.30. The third-order valence-corrected chi connectivity index (χ3v) is 5.93. The third kappa shape index (κ3) is 4.16. The van der Waals surface area contributed by atoms with Crippen LogP contribution in [0.25, 0.3) is 22.3 Å². The number of nitrogen functional groups attached to an aromatic ring is 1. The normalized spacial score (nSPS) is 17.0. The predicted molar refractivity (Wildman–Crippen MR) is 127 cm³/mol. The van der Waals surface area contributed by atoms with E-state index < -0.39 is 12.1 Å². The lowest BCUT2D eigenvalue weighted by Gasteiger charge is -2.33. The molecule has 34 heavy (non-hydrogen) atoms. The smallest absolute Gasteiger partial charge is 0.266 e. The topological polar surface area (TPSA) is 145 Å². The summed E-state index contributed by atoms with van der Waals surface area (Å²) in [4.78, 5) is 22.4. The van der Waals surface area contributed by atoms with Crippen molar-refractivity contribution in [1.29, 1.82) is 0 Å². The van der Waals surface area contributed by atoms with Gasteiger partial charge in [0.25, 0.3) is 5.91 Å². The molecule has 1 aliphatic rings. The van der Waals surface area contributed by atoms with Crippen LogP contribution in [-0.2, 0) is 4.79 Å². The van der Waals surface area contributed by atoms with Crippen LogP contribution >= 0.6 is 0 Å². The fraction of sp³-hybridized carbons (Fsp3) is 0.250. The summed E-state index contributed by atoms with van der Waals surface area (Å²) in [6, 6.07) is 17.0. The quantitative estimate of drug-likeness (QED) is 0.386. The van der Waals surface area contributed by atoms with Crippen LogP contribution in [0.2, 0.25) is 0 Å². The summed E-state index contributed by atoms with van der Waals surface area (Å²) >= 11 is 0. The molecule has 1 fully saturated rings. The van der Waals surface area contributed by atoms with Gasteiger partial charge in [-0.15, -0.1) is 0 Å². The fourth-order valence-corrected chi connectivity index (χ4v) is 4.30. The summed E-state index contributed by atoms with van der Waals surface area (Å²) in [7, 11) is 0. The molecule has 2 aromatic heterocycles. The van der Waals surface area contributed by atoms with Gasteiger partial charge in [0.1, 0.15) is 29.3 Å². The van der Waals surface area contributed by atoms with Crippen LogP contribution < -0.4 is 16.2 Å². The number of hydrogen-bond donors (Lipinski definition) is 3. The molecule has 0 spiro atoms. The molecule has 1 unspecified atom stereocenters. The van der Waals surface area contributed by atoms with Crippen molar-refractivity contribution in [2.45, 2.75) is 25.1 Å². The van der Waals surface area contributed by atoms with E-state index in [0.717, 1.165) is 24.2 Å². The number of hydrogen-bond acceptors (Lipinski definition) is 8. The maximum absolute atomic E-state index is 12.2. The highest BCUT2D eigenvalue weighted by molar-refractivity contribution is 5.98. The molecule has 4 aromatic rings. The van der Waals surface area contributed by atoms with E-state index in [-0.39, 0.29) is 6.04 Å². The molecule has 1 amide bonds. The van der Waals surface area contributed by atoms with Crippen molar-refractivity contribution < 1.29 is 14.6 Å². The Morgan fingerprint density at radius 1 is 1.09 bits per heavy atom. The average Bonchev–Trinajstić information content (AvgIpc) is 3.26. The minimum atomic E-state index is -1.53. The SMILES string of the molecule is Nc1ncnc2c1c(-c1ccc(Oc3ccccc3)cc1)nn2[C@@H]1CCCN(C(=O)C(N)O)C1. The second kappa shape index (κ2) is 9.08. The first kappa shape index (κ1) is 21.8. The lowest BCUT2D eigenvalue weighted by atomic mass is 10.1. The Morgan fingerprint density at radius 3 is 2.56 bits per heavy atom. The van der Waals surface area contributed by atoms with Crippen molar-refractivity contribution in [3.8, 4) is 22.8 Å². The lowest BCUT2D eigenvalue weighted by molar-refractivity contribution is -0.141. The largest absolute Gasteiger partial charge is 0.457 e. The number of likely N-dealkylation sites (tertiary alicyclic amines) is 1. The van der Waals surface area contributed by atoms with Gasteiger partial charge in [0.15, 0.2) is 11.9 Å². The summed E-state index contributed by atoms with van der Waals surface area (Å²) in [6.07, 6.45) is 1.44. The van der Waals surface area contributed by atoms with Crippen molar-refractivity contribution in [2.24, 2.45) is 5.73 Å². The molecule has 1 aliphatic heterocycles. The van der Waals surface area contributed by atoms with Crippen molar-refractivity contribution >= 4 is 22.8 Å². The number of aromatic nitrogens is 4. The van der Waals surface area contributed by atoms with Gasteiger partial charge in [0.2, 0.25) is 0 Å². The van der Waals surface area contributed by atoms with Gasteiger partial charge in [-0.25, -0.2) is 14.6 Å². The monoisotopic (exact) mass is 459 g/mol. The molecule has 1 saturated heterocycles. The highest BCUT2D eigenvalue weighted by Crippen LogP contribution is 2.34. The van der Waals surface area contributed by atoms with Crippen LogP contribution in [0, 0.1) is 0 Å². The van der Waals surface area contributed by atoms with Gasteiger partial charge in [0.05, 0.1) is 11.4 Å². The highest BCUT2D eigenvalue weighted by atomic mass is 16.5. The van der Waals surface area contributed by atoms with E-state index >= 15 is 0 Å². The molecule has 0 bridgehead atoms. The van der Waals surface area contributed by atoms with Gasteiger partial charge in [-0.2, -0.15) is 5.10 Å². The average molecular weight is 460 g/mol. The molecule has 2 aromatic carbocycles. The van der Waals surface area contributed by atoms with Crippen LogP contribution in [0.1, 0.15) is 18.9 Å². The second-order valence-corrected chi connectivity index (χ2v) is 8.22. The number of aliphatic hydroxyl groups is 1. The summed E-state index contributed by atoms with van der Waals surface area (Å²) in [5, 5.41) is 15.0. The van der Waals surface area contributed by atoms with Crippen LogP contribution in [0.4, 0.5) is 5.82 Å². The number of rotatable bonds is 5.